The SMILES string of the molecule is O=C(O)[C@H]1CC=CC[C@H]1C(=O)NCc1nccs1. The van der Waals surface area contributed by atoms with E-state index in [4.69, 9.17) is 5.11 Å². The number of carbonyl (C=O) groups excluding carboxylic acids is 1. The molecule has 1 aliphatic rings. The number of aromatic nitrogens is 1. The molecule has 96 valence electrons. The van der Waals surface area contributed by atoms with Crippen molar-refractivity contribution in [3.63, 3.8) is 0 Å². The molecule has 2 N–H and O–H groups in total. The lowest BCUT2D eigenvalue weighted by Crippen LogP contribution is -2.38. The Morgan fingerprint density at radius 1 is 1.39 bits per heavy atom. The van der Waals surface area contributed by atoms with Crippen LogP contribution in [0.3, 0.4) is 0 Å². The number of carboxylic acid groups (broad SMARTS) is 1. The maximum absolute atomic E-state index is 12.0. The minimum atomic E-state index is -0.909. The predicted octanol–water partition coefficient (Wildman–Crippen LogP) is 1.43. The lowest BCUT2D eigenvalue weighted by Gasteiger charge is -2.23. The molecule has 6 heteroatoms. The topological polar surface area (TPSA) is 79.3 Å². The Labute approximate surface area is 109 Å². The molecule has 1 aromatic heterocycles. The summed E-state index contributed by atoms with van der Waals surface area (Å²) in [6.45, 7) is 0.364. The molecular formula is C12H14N2O3S. The Balaban J connectivity index is 1.94. The molecule has 0 unspecified atom stereocenters. The van der Waals surface area contributed by atoms with E-state index in [1.54, 1.807) is 6.20 Å². The van der Waals surface area contributed by atoms with Crippen LogP contribution in [0, 0.1) is 11.8 Å². The van der Waals surface area contributed by atoms with Crippen LogP contribution in [0.15, 0.2) is 23.7 Å². The van der Waals surface area contributed by atoms with Gasteiger partial charge in [0, 0.05) is 11.6 Å². The Kier molecular flexibility index (Phi) is 4.09. The molecular weight excluding hydrogens is 252 g/mol. The second-order valence-corrected chi connectivity index (χ2v) is 5.12. The molecule has 2 rings (SSSR count). The van der Waals surface area contributed by atoms with Crippen LogP contribution >= 0.6 is 11.3 Å². The zero-order valence-electron chi connectivity index (χ0n) is 9.70. The summed E-state index contributed by atoms with van der Waals surface area (Å²) in [7, 11) is 0. The maximum Gasteiger partial charge on any atom is 0.307 e. The van der Waals surface area contributed by atoms with E-state index >= 15 is 0 Å². The van der Waals surface area contributed by atoms with E-state index in [1.807, 2.05) is 17.5 Å². The first kappa shape index (κ1) is 12.8. The number of thiazole rings is 1. The number of nitrogens with one attached hydrogen (secondary N) is 1. The van der Waals surface area contributed by atoms with Crippen LogP contribution in [-0.2, 0) is 16.1 Å². The molecule has 2 atom stereocenters. The largest absolute Gasteiger partial charge is 0.481 e. The maximum atomic E-state index is 12.0. The van der Waals surface area contributed by atoms with E-state index < -0.39 is 17.8 Å². The van der Waals surface area contributed by atoms with E-state index in [0.29, 0.717) is 19.4 Å². The minimum Gasteiger partial charge on any atom is -0.481 e. The first-order valence-electron chi connectivity index (χ1n) is 5.72. The second kappa shape index (κ2) is 5.77. The minimum absolute atomic E-state index is 0.207. The van der Waals surface area contributed by atoms with Gasteiger partial charge in [-0.3, -0.25) is 9.59 Å². The molecule has 1 heterocycles. The van der Waals surface area contributed by atoms with E-state index in [9.17, 15) is 9.59 Å². The number of hydrogen-bond donors (Lipinski definition) is 2. The third-order valence-corrected chi connectivity index (χ3v) is 3.76. The summed E-state index contributed by atoms with van der Waals surface area (Å²) in [6, 6.07) is 0. The van der Waals surface area contributed by atoms with Crippen molar-refractivity contribution < 1.29 is 14.7 Å². The zero-order valence-corrected chi connectivity index (χ0v) is 10.5. The third kappa shape index (κ3) is 2.95. The van der Waals surface area contributed by atoms with Gasteiger partial charge in [-0.15, -0.1) is 11.3 Å². The predicted molar refractivity (Wildman–Crippen MR) is 67.0 cm³/mol. The van der Waals surface area contributed by atoms with E-state index in [0.717, 1.165) is 5.01 Å². The van der Waals surface area contributed by atoms with Crippen molar-refractivity contribution in [2.45, 2.75) is 19.4 Å². The highest BCUT2D eigenvalue weighted by Crippen LogP contribution is 2.26. The highest BCUT2D eigenvalue weighted by atomic mass is 32.1. The van der Waals surface area contributed by atoms with Gasteiger partial charge in [-0.25, -0.2) is 4.98 Å². The highest BCUT2D eigenvalue weighted by molar-refractivity contribution is 7.09. The van der Waals surface area contributed by atoms with Gasteiger partial charge in [0.05, 0.1) is 18.4 Å². The second-order valence-electron chi connectivity index (χ2n) is 4.14. The Morgan fingerprint density at radius 2 is 2.11 bits per heavy atom. The van der Waals surface area contributed by atoms with Crippen molar-refractivity contribution in [2.24, 2.45) is 11.8 Å². The average Bonchev–Trinajstić information content (AvgIpc) is 2.89. The number of carbonyl (C=O) groups is 2. The summed E-state index contributed by atoms with van der Waals surface area (Å²) >= 11 is 1.46. The van der Waals surface area contributed by atoms with Gasteiger partial charge < -0.3 is 10.4 Å². The number of allylic oxidation sites excluding steroid dienone is 2. The first-order valence-corrected chi connectivity index (χ1v) is 6.60. The number of nitrogens with zero attached hydrogens (tertiary/aromatic N) is 1. The molecule has 0 aliphatic heterocycles. The summed E-state index contributed by atoms with van der Waals surface area (Å²) in [4.78, 5) is 27.1. The number of carboxylic acids is 1. The molecule has 0 spiro atoms. The number of amides is 1. The van der Waals surface area contributed by atoms with Gasteiger partial charge in [-0.1, -0.05) is 12.2 Å². The summed E-state index contributed by atoms with van der Waals surface area (Å²) in [5.41, 5.74) is 0. The molecule has 1 aliphatic carbocycles. The van der Waals surface area contributed by atoms with Crippen LogP contribution in [0.1, 0.15) is 17.8 Å². The third-order valence-electron chi connectivity index (χ3n) is 2.98. The zero-order chi connectivity index (χ0) is 13.0. The van der Waals surface area contributed by atoms with Crippen LogP contribution in [0.25, 0.3) is 0 Å². The van der Waals surface area contributed by atoms with E-state index in [-0.39, 0.29) is 5.91 Å². The van der Waals surface area contributed by atoms with Gasteiger partial charge >= 0.3 is 5.97 Å². The molecule has 0 bridgehead atoms. The summed E-state index contributed by atoms with van der Waals surface area (Å²) < 4.78 is 0. The van der Waals surface area contributed by atoms with Crippen LogP contribution < -0.4 is 5.32 Å². The highest BCUT2D eigenvalue weighted by Gasteiger charge is 2.33. The molecule has 1 amide bonds. The van der Waals surface area contributed by atoms with Gasteiger partial charge in [0.15, 0.2) is 0 Å². The van der Waals surface area contributed by atoms with Crippen molar-refractivity contribution in [1.29, 1.82) is 0 Å². The molecule has 5 nitrogen and oxygen atoms in total. The van der Waals surface area contributed by atoms with Gasteiger partial charge in [-0.05, 0) is 12.8 Å². The molecule has 0 fully saturated rings. The molecule has 0 radical (unpaired) electrons. The lowest BCUT2D eigenvalue weighted by molar-refractivity contribution is -0.147. The molecule has 0 aromatic carbocycles. The van der Waals surface area contributed by atoms with Crippen molar-refractivity contribution in [1.82, 2.24) is 10.3 Å². The first-order chi connectivity index (χ1) is 8.68. The summed E-state index contributed by atoms with van der Waals surface area (Å²) in [5, 5.41) is 14.5. The quantitative estimate of drug-likeness (QED) is 0.808. The Bertz CT molecular complexity index is 456. The van der Waals surface area contributed by atoms with Crippen molar-refractivity contribution in [3.8, 4) is 0 Å². The van der Waals surface area contributed by atoms with E-state index in [1.165, 1.54) is 11.3 Å². The van der Waals surface area contributed by atoms with Crippen molar-refractivity contribution in [3.05, 3.63) is 28.7 Å². The average molecular weight is 266 g/mol. The number of aliphatic carboxylic acids is 1. The van der Waals surface area contributed by atoms with E-state index in [2.05, 4.69) is 10.3 Å². The Hall–Kier alpha value is -1.69. The van der Waals surface area contributed by atoms with Gasteiger partial charge in [0.1, 0.15) is 5.01 Å². The van der Waals surface area contributed by atoms with Crippen LogP contribution in [0.5, 0.6) is 0 Å². The summed E-state index contributed by atoms with van der Waals surface area (Å²) in [5.74, 6) is -2.21. The van der Waals surface area contributed by atoms with Gasteiger partial charge in [-0.2, -0.15) is 0 Å². The smallest absolute Gasteiger partial charge is 0.307 e. The van der Waals surface area contributed by atoms with Gasteiger partial charge in [0.25, 0.3) is 0 Å². The standard InChI is InChI=1S/C12H14N2O3S/c15-11(14-7-10-13-5-6-18-10)8-3-1-2-4-9(8)12(16)17/h1-2,5-6,8-9H,3-4,7H2,(H,14,15)(H,16,17)/t8-,9+/m1/s1. The van der Waals surface area contributed by atoms with Crippen LogP contribution in [-0.4, -0.2) is 22.0 Å². The fourth-order valence-electron chi connectivity index (χ4n) is 2.01. The van der Waals surface area contributed by atoms with Crippen LogP contribution in [0.2, 0.25) is 0 Å². The molecule has 18 heavy (non-hydrogen) atoms. The monoisotopic (exact) mass is 266 g/mol. The van der Waals surface area contributed by atoms with Crippen molar-refractivity contribution >= 4 is 23.2 Å². The fraction of sp³-hybridized carbons (Fsp3) is 0.417. The molecule has 0 saturated carbocycles. The van der Waals surface area contributed by atoms with Gasteiger partial charge in [0.2, 0.25) is 5.91 Å². The van der Waals surface area contributed by atoms with Crippen LogP contribution in [0.4, 0.5) is 0 Å². The molecule has 1 aromatic rings. The fourth-order valence-corrected chi connectivity index (χ4v) is 2.57. The molecule has 0 saturated heterocycles. The van der Waals surface area contributed by atoms with Crippen molar-refractivity contribution in [2.75, 3.05) is 0 Å². The normalized spacial score (nSPS) is 22.7. The lowest BCUT2D eigenvalue weighted by atomic mass is 9.82. The number of rotatable bonds is 4. The summed E-state index contributed by atoms with van der Waals surface area (Å²) in [6.07, 6.45) is 6.28. The number of hydrogen-bond acceptors (Lipinski definition) is 4. The Morgan fingerprint density at radius 3 is 2.72 bits per heavy atom.